The van der Waals surface area contributed by atoms with E-state index in [-0.39, 0.29) is 18.9 Å². The molecule has 19 nitrogen and oxygen atoms in total. The van der Waals surface area contributed by atoms with Gasteiger partial charge < -0.3 is 89.9 Å². The monoisotopic (exact) mass is 1250 g/mol. The molecule has 3 heterocycles. The highest BCUT2D eigenvalue weighted by Gasteiger charge is 2.53. The van der Waals surface area contributed by atoms with Crippen molar-refractivity contribution in [2.24, 2.45) is 0 Å². The van der Waals surface area contributed by atoms with Crippen LogP contribution in [0, 0.1) is 0 Å². The topological polar surface area (TPSA) is 307 Å². The van der Waals surface area contributed by atoms with Gasteiger partial charge in [0, 0.05) is 6.42 Å². The summed E-state index contributed by atoms with van der Waals surface area (Å²) in [5.74, 6) is -0.291. The summed E-state index contributed by atoms with van der Waals surface area (Å²) in [6, 6.07) is -0.995. The molecule has 3 saturated heterocycles. The minimum Gasteiger partial charge on any atom is -0.394 e. The number of rotatable bonds is 52. The second kappa shape index (κ2) is 51.0. The highest BCUT2D eigenvalue weighted by Crippen LogP contribution is 2.33. The summed E-state index contributed by atoms with van der Waals surface area (Å²) in [5.41, 5.74) is 0. The quantitative estimate of drug-likeness (QED) is 0.0200. The molecule has 3 rings (SSSR count). The molecule has 1 amide bonds. The average Bonchev–Trinajstić information content (AvgIpc) is 1.86. The Morgan fingerprint density at radius 2 is 0.795 bits per heavy atom. The minimum absolute atomic E-state index is 0.232. The van der Waals surface area contributed by atoms with E-state index in [2.05, 4.69) is 67.8 Å². The fraction of sp³-hybridized carbons (Fsp3) is 0.841. The first-order valence-electron chi connectivity index (χ1n) is 34.5. The van der Waals surface area contributed by atoms with Crippen LogP contribution in [0.3, 0.4) is 0 Å². The normalized spacial score (nSPS) is 28.8. The van der Waals surface area contributed by atoms with Crippen molar-refractivity contribution in [2.45, 2.75) is 343 Å². The zero-order valence-electron chi connectivity index (χ0n) is 53.9. The predicted molar refractivity (Wildman–Crippen MR) is 342 cm³/mol. The molecule has 0 radical (unpaired) electrons. The van der Waals surface area contributed by atoms with Gasteiger partial charge in [0.05, 0.1) is 38.6 Å². The van der Waals surface area contributed by atoms with E-state index in [9.17, 15) is 61.0 Å². The molecule has 3 aliphatic heterocycles. The third kappa shape index (κ3) is 32.9. The van der Waals surface area contributed by atoms with Crippen LogP contribution in [0.5, 0.6) is 0 Å². The van der Waals surface area contributed by atoms with E-state index in [1.807, 2.05) is 6.08 Å². The van der Waals surface area contributed by atoms with E-state index in [1.54, 1.807) is 6.08 Å². The van der Waals surface area contributed by atoms with Crippen molar-refractivity contribution < 1.29 is 89.4 Å². The summed E-state index contributed by atoms with van der Waals surface area (Å²) in [6.07, 6.45) is 35.4. The maximum absolute atomic E-state index is 13.3. The van der Waals surface area contributed by atoms with Crippen LogP contribution in [0.2, 0.25) is 0 Å². The summed E-state index contributed by atoms with van der Waals surface area (Å²) < 4.78 is 34.2. The van der Waals surface area contributed by atoms with Crippen molar-refractivity contribution in [3.8, 4) is 0 Å². The standard InChI is InChI=1S/C69H123NO18/c1-3-5-7-9-11-13-15-16-17-18-19-20-21-22-23-24-25-26-27-28-29-30-31-32-33-34-35-36-37-39-41-43-45-47-57(75)70-52(53(74)46-44-42-40-38-14-12-10-8-6-4-2)51-83-67-63(81)60(78)65(55(49-72)85-67)88-69-64(82)61(79)66(56(50-73)86-69)87-68-62(80)59(77)58(76)54(48-71)84-68/h6,8,14-16,18-19,38,44,46,52-56,58-69,71-74,76-82H,3-5,7,9-13,17,20-37,39-43,45,47-51H2,1-2H3,(H,70,75)/b8-6+,16-15-,19-18-,38-14+,46-44+. The second-order valence-electron chi connectivity index (χ2n) is 24.6. The predicted octanol–water partition coefficient (Wildman–Crippen LogP) is 8.77. The fourth-order valence-electron chi connectivity index (χ4n) is 11.4. The van der Waals surface area contributed by atoms with Gasteiger partial charge in [-0.1, -0.05) is 222 Å². The highest BCUT2D eigenvalue weighted by atomic mass is 16.8. The zero-order valence-corrected chi connectivity index (χ0v) is 53.9. The number of carbonyl (C=O) groups is 1. The molecule has 0 spiro atoms. The highest BCUT2D eigenvalue weighted by molar-refractivity contribution is 5.76. The van der Waals surface area contributed by atoms with E-state index >= 15 is 0 Å². The number of nitrogens with one attached hydrogen (secondary N) is 1. The van der Waals surface area contributed by atoms with Crippen molar-refractivity contribution in [1.29, 1.82) is 0 Å². The van der Waals surface area contributed by atoms with Gasteiger partial charge in [0.2, 0.25) is 5.91 Å². The van der Waals surface area contributed by atoms with Crippen LogP contribution in [0.25, 0.3) is 0 Å². The third-order valence-electron chi connectivity index (χ3n) is 17.0. The molecule has 512 valence electrons. The van der Waals surface area contributed by atoms with Crippen molar-refractivity contribution in [3.05, 3.63) is 60.8 Å². The van der Waals surface area contributed by atoms with Gasteiger partial charge in [0.1, 0.15) is 73.2 Å². The van der Waals surface area contributed by atoms with Gasteiger partial charge in [0.15, 0.2) is 18.9 Å². The van der Waals surface area contributed by atoms with Crippen LogP contribution in [-0.4, -0.2) is 193 Å². The maximum atomic E-state index is 13.3. The Bertz CT molecular complexity index is 1830. The van der Waals surface area contributed by atoms with Crippen LogP contribution < -0.4 is 5.32 Å². The molecule has 19 heteroatoms. The largest absolute Gasteiger partial charge is 0.394 e. The summed E-state index contributed by atoms with van der Waals surface area (Å²) in [7, 11) is 0. The Balaban J connectivity index is 1.33. The molecule has 0 aromatic carbocycles. The Morgan fingerprint density at radius 3 is 1.25 bits per heavy atom. The number of aliphatic hydroxyl groups excluding tert-OH is 11. The van der Waals surface area contributed by atoms with Gasteiger partial charge in [-0.25, -0.2) is 0 Å². The Morgan fingerprint density at radius 1 is 0.420 bits per heavy atom. The van der Waals surface area contributed by atoms with Gasteiger partial charge in [-0.3, -0.25) is 4.79 Å². The number of hydrogen-bond acceptors (Lipinski definition) is 18. The third-order valence-corrected chi connectivity index (χ3v) is 17.0. The molecule has 0 saturated carbocycles. The minimum atomic E-state index is -1.98. The van der Waals surface area contributed by atoms with Crippen LogP contribution in [0.15, 0.2) is 60.8 Å². The van der Waals surface area contributed by atoms with Gasteiger partial charge in [-0.15, -0.1) is 0 Å². The Labute approximate surface area is 528 Å². The van der Waals surface area contributed by atoms with Gasteiger partial charge in [-0.05, 0) is 70.6 Å². The summed E-state index contributed by atoms with van der Waals surface area (Å²) in [5, 5.41) is 120. The molecule has 17 atom stereocenters. The molecule has 3 fully saturated rings. The van der Waals surface area contributed by atoms with E-state index in [0.29, 0.717) is 12.8 Å². The number of aliphatic hydroxyl groups is 11. The molecule has 17 unspecified atom stereocenters. The lowest BCUT2D eigenvalue weighted by Gasteiger charge is -2.48. The maximum Gasteiger partial charge on any atom is 0.220 e. The average molecular weight is 1250 g/mol. The van der Waals surface area contributed by atoms with Crippen LogP contribution in [0.4, 0.5) is 0 Å². The molecule has 0 bridgehead atoms. The van der Waals surface area contributed by atoms with Crippen LogP contribution in [0.1, 0.15) is 239 Å². The number of unbranched alkanes of at least 4 members (excludes halogenated alkanes) is 28. The number of carbonyl (C=O) groups excluding carboxylic acids is 1. The lowest BCUT2D eigenvalue weighted by atomic mass is 9.96. The molecular formula is C69H123NO18. The first kappa shape index (κ1) is 79.7. The fourth-order valence-corrected chi connectivity index (χ4v) is 11.4. The number of ether oxygens (including phenoxy) is 6. The smallest absolute Gasteiger partial charge is 0.220 e. The number of amides is 1. The van der Waals surface area contributed by atoms with Crippen molar-refractivity contribution in [2.75, 3.05) is 26.4 Å². The molecular weight excluding hydrogens is 1130 g/mol. The van der Waals surface area contributed by atoms with Crippen molar-refractivity contribution in [1.82, 2.24) is 5.32 Å². The molecule has 88 heavy (non-hydrogen) atoms. The van der Waals surface area contributed by atoms with E-state index in [4.69, 9.17) is 28.4 Å². The molecule has 0 aromatic heterocycles. The van der Waals surface area contributed by atoms with E-state index < -0.39 is 124 Å². The zero-order chi connectivity index (χ0) is 64.0. The summed E-state index contributed by atoms with van der Waals surface area (Å²) >= 11 is 0. The SMILES string of the molecule is CC/C=C/CC/C=C/CC/C=C/C(O)C(COC1OC(CO)C(OC2OC(CO)C(OC3OC(CO)C(O)C(O)C3O)C(O)C2O)C(O)C1O)NC(=O)CCCCCCCCCCCCCCCCCCCCCCC/C=C\C/C=C\CCCCCCC. The van der Waals surface area contributed by atoms with Crippen LogP contribution >= 0.6 is 0 Å². The van der Waals surface area contributed by atoms with Crippen molar-refractivity contribution in [3.63, 3.8) is 0 Å². The molecule has 0 aliphatic carbocycles. The number of allylic oxidation sites excluding steroid dienone is 9. The summed E-state index contributed by atoms with van der Waals surface area (Å²) in [6.45, 7) is 1.56. The van der Waals surface area contributed by atoms with Gasteiger partial charge >= 0.3 is 0 Å². The summed E-state index contributed by atoms with van der Waals surface area (Å²) in [4.78, 5) is 13.3. The van der Waals surface area contributed by atoms with E-state index in [0.717, 1.165) is 51.4 Å². The Hall–Kier alpha value is -2.51. The van der Waals surface area contributed by atoms with Gasteiger partial charge in [0.25, 0.3) is 0 Å². The Kier molecular flexibility index (Phi) is 46.2. The van der Waals surface area contributed by atoms with Crippen LogP contribution in [-0.2, 0) is 33.2 Å². The first-order chi connectivity index (χ1) is 42.8. The van der Waals surface area contributed by atoms with Gasteiger partial charge in [-0.2, -0.15) is 0 Å². The lowest BCUT2D eigenvalue weighted by molar-refractivity contribution is -0.379. The first-order valence-corrected chi connectivity index (χ1v) is 34.5. The molecule has 12 N–H and O–H groups in total. The second-order valence-corrected chi connectivity index (χ2v) is 24.6. The molecule has 3 aliphatic rings. The lowest BCUT2D eigenvalue weighted by Crippen LogP contribution is -2.66. The molecule has 0 aromatic rings. The van der Waals surface area contributed by atoms with Crippen molar-refractivity contribution >= 4 is 5.91 Å². The number of hydrogen-bond donors (Lipinski definition) is 12. The van der Waals surface area contributed by atoms with E-state index in [1.165, 1.54) is 154 Å².